The van der Waals surface area contributed by atoms with Crippen LogP contribution in [0.3, 0.4) is 0 Å². The number of anilines is 2. The molecule has 0 N–H and O–H groups in total. The van der Waals surface area contributed by atoms with Crippen LogP contribution < -0.4 is 4.90 Å². The van der Waals surface area contributed by atoms with E-state index >= 15 is 0 Å². The highest BCUT2D eigenvalue weighted by molar-refractivity contribution is 7.14. The molecular weight excluding hydrogens is 432 g/mol. The zero-order valence-electron chi connectivity index (χ0n) is 19.2. The molecular formula is C26H28N4O2S. The van der Waals surface area contributed by atoms with Crippen LogP contribution in [0.4, 0.5) is 10.8 Å². The number of carbonyl (C=O) groups excluding carboxylic acids is 1. The SMILES string of the molecule is CC(=O)N(c1ccc(C)cc1)c1nc(CN(C)CCCc2cc(-c3ccccc3)no2)cs1. The first-order chi connectivity index (χ1) is 16.0. The summed E-state index contributed by atoms with van der Waals surface area (Å²) in [4.78, 5) is 20.9. The third-order valence-corrected chi connectivity index (χ3v) is 6.24. The molecule has 1 amide bonds. The van der Waals surface area contributed by atoms with Crippen LogP contribution in [-0.2, 0) is 17.8 Å². The number of nitrogens with zero attached hydrogens (tertiary/aromatic N) is 4. The number of amides is 1. The Kier molecular flexibility index (Phi) is 7.32. The lowest BCUT2D eigenvalue weighted by Crippen LogP contribution is -2.23. The summed E-state index contributed by atoms with van der Waals surface area (Å²) in [5.74, 6) is 0.850. The molecule has 0 spiro atoms. The predicted molar refractivity (Wildman–Crippen MR) is 133 cm³/mol. The fourth-order valence-corrected chi connectivity index (χ4v) is 4.52. The quantitative estimate of drug-likeness (QED) is 0.313. The summed E-state index contributed by atoms with van der Waals surface area (Å²) in [7, 11) is 2.08. The number of rotatable bonds is 9. The number of aromatic nitrogens is 2. The van der Waals surface area contributed by atoms with Gasteiger partial charge in [0.15, 0.2) is 5.13 Å². The second-order valence-corrected chi connectivity index (χ2v) is 9.03. The van der Waals surface area contributed by atoms with Crippen molar-refractivity contribution < 1.29 is 9.32 Å². The number of thiazole rings is 1. The van der Waals surface area contributed by atoms with Crippen LogP contribution in [0, 0.1) is 6.92 Å². The molecule has 0 aliphatic carbocycles. The van der Waals surface area contributed by atoms with Gasteiger partial charge in [-0.15, -0.1) is 11.3 Å². The van der Waals surface area contributed by atoms with Gasteiger partial charge in [-0.05, 0) is 39.1 Å². The van der Waals surface area contributed by atoms with E-state index < -0.39 is 0 Å². The van der Waals surface area contributed by atoms with Gasteiger partial charge in [0.2, 0.25) is 5.91 Å². The molecule has 6 nitrogen and oxygen atoms in total. The van der Waals surface area contributed by atoms with E-state index in [9.17, 15) is 4.79 Å². The lowest BCUT2D eigenvalue weighted by atomic mass is 10.1. The van der Waals surface area contributed by atoms with E-state index in [1.54, 1.807) is 11.8 Å². The molecule has 4 rings (SSSR count). The second kappa shape index (κ2) is 10.6. The van der Waals surface area contributed by atoms with Gasteiger partial charge in [-0.1, -0.05) is 53.2 Å². The Hall–Kier alpha value is -3.29. The number of aryl methyl sites for hydroxylation is 2. The van der Waals surface area contributed by atoms with E-state index in [0.29, 0.717) is 5.13 Å². The molecule has 2 aromatic heterocycles. The van der Waals surface area contributed by atoms with Crippen molar-refractivity contribution in [3.05, 3.63) is 83.1 Å². The third kappa shape index (κ3) is 5.94. The normalized spacial score (nSPS) is 11.2. The third-order valence-electron chi connectivity index (χ3n) is 5.36. The summed E-state index contributed by atoms with van der Waals surface area (Å²) in [6, 6.07) is 20.0. The fraction of sp³-hybridized carbons (Fsp3) is 0.269. The summed E-state index contributed by atoms with van der Waals surface area (Å²) in [6.07, 6.45) is 1.79. The molecule has 2 aromatic carbocycles. The molecule has 0 fully saturated rings. The Balaban J connectivity index is 1.30. The smallest absolute Gasteiger partial charge is 0.230 e. The van der Waals surface area contributed by atoms with Gasteiger partial charge in [0.1, 0.15) is 11.5 Å². The zero-order chi connectivity index (χ0) is 23.2. The van der Waals surface area contributed by atoms with Gasteiger partial charge in [-0.2, -0.15) is 0 Å². The lowest BCUT2D eigenvalue weighted by Gasteiger charge is -2.18. The molecule has 33 heavy (non-hydrogen) atoms. The van der Waals surface area contributed by atoms with Gasteiger partial charge in [0, 0.05) is 36.9 Å². The minimum absolute atomic E-state index is 0.0463. The first-order valence-corrected chi connectivity index (χ1v) is 11.9. The van der Waals surface area contributed by atoms with Crippen molar-refractivity contribution in [2.75, 3.05) is 18.5 Å². The van der Waals surface area contributed by atoms with Gasteiger partial charge in [-0.25, -0.2) is 4.98 Å². The van der Waals surface area contributed by atoms with E-state index in [2.05, 4.69) is 17.1 Å². The van der Waals surface area contributed by atoms with Crippen LogP contribution in [-0.4, -0.2) is 34.5 Å². The molecule has 0 aliphatic rings. The van der Waals surface area contributed by atoms with Crippen molar-refractivity contribution in [3.63, 3.8) is 0 Å². The van der Waals surface area contributed by atoms with Crippen LogP contribution >= 0.6 is 11.3 Å². The largest absolute Gasteiger partial charge is 0.361 e. The molecule has 0 aliphatic heterocycles. The summed E-state index contributed by atoms with van der Waals surface area (Å²) in [5.41, 5.74) is 4.89. The van der Waals surface area contributed by atoms with E-state index in [-0.39, 0.29) is 5.91 Å². The van der Waals surface area contributed by atoms with Crippen molar-refractivity contribution in [2.45, 2.75) is 33.2 Å². The highest BCUT2D eigenvalue weighted by atomic mass is 32.1. The van der Waals surface area contributed by atoms with E-state index in [0.717, 1.165) is 59.9 Å². The van der Waals surface area contributed by atoms with Crippen molar-refractivity contribution in [1.29, 1.82) is 0 Å². The maximum absolute atomic E-state index is 12.3. The first kappa shape index (κ1) is 22.9. The van der Waals surface area contributed by atoms with Crippen molar-refractivity contribution in [1.82, 2.24) is 15.0 Å². The Morgan fingerprint density at radius 1 is 1.09 bits per heavy atom. The Morgan fingerprint density at radius 3 is 2.58 bits per heavy atom. The van der Waals surface area contributed by atoms with Gasteiger partial charge in [0.05, 0.1) is 11.4 Å². The van der Waals surface area contributed by atoms with Gasteiger partial charge >= 0.3 is 0 Å². The maximum Gasteiger partial charge on any atom is 0.230 e. The van der Waals surface area contributed by atoms with E-state index in [4.69, 9.17) is 9.51 Å². The highest BCUT2D eigenvalue weighted by Gasteiger charge is 2.18. The molecule has 2 heterocycles. The van der Waals surface area contributed by atoms with Crippen LogP contribution in [0.5, 0.6) is 0 Å². The lowest BCUT2D eigenvalue weighted by molar-refractivity contribution is -0.115. The molecule has 0 atom stereocenters. The number of benzene rings is 2. The summed E-state index contributed by atoms with van der Waals surface area (Å²) < 4.78 is 5.50. The molecule has 0 saturated heterocycles. The van der Waals surface area contributed by atoms with E-state index in [1.165, 1.54) is 11.3 Å². The number of hydrogen-bond acceptors (Lipinski definition) is 6. The standard InChI is InChI=1S/C26H28N4O2S/c1-19-11-13-23(14-12-19)30(20(2)31)26-27-22(18-33-26)17-29(3)15-7-10-24-16-25(28-32-24)21-8-5-4-6-9-21/h4-6,8-9,11-14,16,18H,7,10,15,17H2,1-3H3. The molecule has 7 heteroatoms. The summed E-state index contributed by atoms with van der Waals surface area (Å²) >= 11 is 1.49. The second-order valence-electron chi connectivity index (χ2n) is 8.20. The van der Waals surface area contributed by atoms with Crippen molar-refractivity contribution in [3.8, 4) is 11.3 Å². The Morgan fingerprint density at radius 2 is 1.85 bits per heavy atom. The molecule has 0 bridgehead atoms. The van der Waals surface area contributed by atoms with Crippen LogP contribution in [0.2, 0.25) is 0 Å². The number of hydrogen-bond donors (Lipinski definition) is 0. The van der Waals surface area contributed by atoms with Crippen molar-refractivity contribution >= 4 is 28.1 Å². The van der Waals surface area contributed by atoms with Crippen molar-refractivity contribution in [2.24, 2.45) is 0 Å². The predicted octanol–water partition coefficient (Wildman–Crippen LogP) is 5.86. The average Bonchev–Trinajstić information content (AvgIpc) is 3.46. The average molecular weight is 461 g/mol. The molecule has 0 saturated carbocycles. The summed E-state index contributed by atoms with van der Waals surface area (Å²) in [5, 5.41) is 6.91. The summed E-state index contributed by atoms with van der Waals surface area (Å²) in [6.45, 7) is 5.23. The maximum atomic E-state index is 12.3. The molecule has 170 valence electrons. The minimum atomic E-state index is -0.0463. The highest BCUT2D eigenvalue weighted by Crippen LogP contribution is 2.29. The first-order valence-electron chi connectivity index (χ1n) is 11.0. The Labute approximate surface area is 198 Å². The molecule has 0 unspecified atom stereocenters. The monoisotopic (exact) mass is 460 g/mol. The number of carbonyl (C=O) groups is 1. The minimum Gasteiger partial charge on any atom is -0.361 e. The fourth-order valence-electron chi connectivity index (χ4n) is 3.65. The van der Waals surface area contributed by atoms with E-state index in [1.807, 2.05) is 73.0 Å². The zero-order valence-corrected chi connectivity index (χ0v) is 20.0. The molecule has 0 radical (unpaired) electrons. The molecule has 4 aromatic rings. The van der Waals surface area contributed by atoms with Gasteiger partial charge in [-0.3, -0.25) is 9.69 Å². The van der Waals surface area contributed by atoms with Crippen LogP contribution in [0.1, 0.15) is 30.4 Å². The van der Waals surface area contributed by atoms with Gasteiger partial charge in [0.25, 0.3) is 0 Å². The Bertz CT molecular complexity index is 1180. The van der Waals surface area contributed by atoms with Crippen LogP contribution in [0.15, 0.2) is 70.6 Å². The topological polar surface area (TPSA) is 62.5 Å². The van der Waals surface area contributed by atoms with Crippen LogP contribution in [0.25, 0.3) is 11.3 Å². The van der Waals surface area contributed by atoms with Gasteiger partial charge < -0.3 is 9.42 Å².